The largest absolute Gasteiger partial charge is 0.497 e. The van der Waals surface area contributed by atoms with Crippen LogP contribution in [0.5, 0.6) is 5.75 Å². The van der Waals surface area contributed by atoms with Gasteiger partial charge in [0.05, 0.1) is 12.8 Å². The molecule has 0 saturated carbocycles. The Morgan fingerprint density at radius 2 is 1.42 bits per heavy atom. The summed E-state index contributed by atoms with van der Waals surface area (Å²) >= 11 is 0. The van der Waals surface area contributed by atoms with Crippen molar-refractivity contribution >= 4 is 17.3 Å². The molecule has 4 rings (SSSR count). The third kappa shape index (κ3) is 2.86. The molecule has 1 aliphatic carbocycles. The molecule has 0 unspecified atom stereocenters. The number of carbonyl (C=O) groups is 2. The number of piperazine rings is 1. The number of ketones is 2. The Balaban J connectivity index is 1.48. The molecule has 26 heavy (non-hydrogen) atoms. The molecule has 1 saturated heterocycles. The van der Waals surface area contributed by atoms with E-state index >= 15 is 0 Å². The number of anilines is 1. The second kappa shape index (κ2) is 6.67. The maximum atomic E-state index is 12.8. The standard InChI is InChI=1S/C21H20N2O3/c1-26-16-8-6-15(7-9-16)22-10-12-23(13-11-22)19-14-20(24)17-4-2-3-5-18(17)21(19)25/h2-9,14H,10-13H2,1H3. The Morgan fingerprint density at radius 3 is 2.08 bits per heavy atom. The first-order valence-electron chi connectivity index (χ1n) is 8.71. The van der Waals surface area contributed by atoms with Crippen LogP contribution in [0.3, 0.4) is 0 Å². The number of ether oxygens (including phenoxy) is 1. The number of allylic oxidation sites excluding steroid dienone is 2. The van der Waals surface area contributed by atoms with Crippen LogP contribution in [0.2, 0.25) is 0 Å². The van der Waals surface area contributed by atoms with Gasteiger partial charge in [-0.2, -0.15) is 0 Å². The van der Waals surface area contributed by atoms with Crippen molar-refractivity contribution in [2.75, 3.05) is 38.2 Å². The molecule has 1 aliphatic heterocycles. The highest BCUT2D eigenvalue weighted by Crippen LogP contribution is 2.26. The Kier molecular flexibility index (Phi) is 4.21. The summed E-state index contributed by atoms with van der Waals surface area (Å²) in [7, 11) is 1.65. The molecule has 0 aromatic heterocycles. The van der Waals surface area contributed by atoms with Gasteiger partial charge in [-0.3, -0.25) is 9.59 Å². The zero-order valence-corrected chi connectivity index (χ0v) is 14.6. The van der Waals surface area contributed by atoms with Crippen LogP contribution in [0.15, 0.2) is 60.3 Å². The summed E-state index contributed by atoms with van der Waals surface area (Å²) in [6, 6.07) is 15.0. The van der Waals surface area contributed by atoms with Gasteiger partial charge < -0.3 is 14.5 Å². The van der Waals surface area contributed by atoms with E-state index in [9.17, 15) is 9.59 Å². The second-order valence-corrected chi connectivity index (χ2v) is 6.44. The van der Waals surface area contributed by atoms with Gasteiger partial charge in [0, 0.05) is 49.1 Å². The normalized spacial score (nSPS) is 17.0. The van der Waals surface area contributed by atoms with Crippen molar-refractivity contribution in [1.29, 1.82) is 0 Å². The van der Waals surface area contributed by atoms with Crippen molar-refractivity contribution in [2.45, 2.75) is 0 Å². The molecule has 5 nitrogen and oxygen atoms in total. The van der Waals surface area contributed by atoms with Gasteiger partial charge >= 0.3 is 0 Å². The lowest BCUT2D eigenvalue weighted by molar-refractivity contribution is 0.0948. The SMILES string of the molecule is COc1ccc(N2CCN(C3=CC(=O)c4ccccc4C3=O)CC2)cc1. The van der Waals surface area contributed by atoms with Crippen LogP contribution < -0.4 is 9.64 Å². The first-order chi connectivity index (χ1) is 12.7. The number of rotatable bonds is 3. The summed E-state index contributed by atoms with van der Waals surface area (Å²) in [5.41, 5.74) is 2.66. The van der Waals surface area contributed by atoms with Crippen molar-refractivity contribution in [3.63, 3.8) is 0 Å². The molecule has 0 spiro atoms. The van der Waals surface area contributed by atoms with Gasteiger partial charge in [-0.25, -0.2) is 0 Å². The molecular formula is C21H20N2O3. The van der Waals surface area contributed by atoms with Crippen LogP contribution in [-0.4, -0.2) is 49.8 Å². The fourth-order valence-corrected chi connectivity index (χ4v) is 3.53. The molecule has 1 heterocycles. The van der Waals surface area contributed by atoms with Crippen molar-refractivity contribution in [3.8, 4) is 5.75 Å². The van der Waals surface area contributed by atoms with Crippen molar-refractivity contribution in [3.05, 3.63) is 71.4 Å². The molecule has 2 aromatic rings. The zero-order valence-electron chi connectivity index (χ0n) is 14.6. The monoisotopic (exact) mass is 348 g/mol. The van der Waals surface area contributed by atoms with E-state index in [2.05, 4.69) is 4.90 Å². The van der Waals surface area contributed by atoms with Gasteiger partial charge in [-0.1, -0.05) is 24.3 Å². The van der Waals surface area contributed by atoms with Gasteiger partial charge in [-0.15, -0.1) is 0 Å². The summed E-state index contributed by atoms with van der Waals surface area (Å²) < 4.78 is 5.20. The predicted molar refractivity (Wildman–Crippen MR) is 100.0 cm³/mol. The van der Waals surface area contributed by atoms with Crippen LogP contribution >= 0.6 is 0 Å². The third-order valence-electron chi connectivity index (χ3n) is 5.00. The molecule has 0 amide bonds. The number of fused-ring (bicyclic) bond motifs is 1. The van der Waals surface area contributed by atoms with Gasteiger partial charge in [0.1, 0.15) is 5.75 Å². The first kappa shape index (κ1) is 16.4. The minimum absolute atomic E-state index is 0.0573. The van der Waals surface area contributed by atoms with Crippen LogP contribution in [0.25, 0.3) is 0 Å². The highest BCUT2D eigenvalue weighted by Gasteiger charge is 2.30. The predicted octanol–water partition coefficient (Wildman–Crippen LogP) is 2.78. The molecule has 0 radical (unpaired) electrons. The highest BCUT2D eigenvalue weighted by atomic mass is 16.5. The van der Waals surface area contributed by atoms with E-state index in [0.717, 1.165) is 24.5 Å². The topological polar surface area (TPSA) is 49.9 Å². The summed E-state index contributed by atoms with van der Waals surface area (Å²) in [6.07, 6.45) is 1.49. The fourth-order valence-electron chi connectivity index (χ4n) is 3.53. The number of hydrogen-bond donors (Lipinski definition) is 0. The lowest BCUT2D eigenvalue weighted by Crippen LogP contribution is -2.47. The van der Waals surface area contributed by atoms with Gasteiger partial charge in [0.25, 0.3) is 0 Å². The molecule has 1 fully saturated rings. The quantitative estimate of drug-likeness (QED) is 0.854. The van der Waals surface area contributed by atoms with Crippen molar-refractivity contribution in [2.24, 2.45) is 0 Å². The third-order valence-corrected chi connectivity index (χ3v) is 5.00. The lowest BCUT2D eigenvalue weighted by atomic mass is 9.92. The number of methoxy groups -OCH3 is 1. The number of benzene rings is 2. The van der Waals surface area contributed by atoms with Gasteiger partial charge in [0.15, 0.2) is 5.78 Å². The van der Waals surface area contributed by atoms with Crippen LogP contribution in [-0.2, 0) is 0 Å². The number of carbonyl (C=O) groups excluding carboxylic acids is 2. The molecule has 132 valence electrons. The zero-order chi connectivity index (χ0) is 18.1. The fraction of sp³-hybridized carbons (Fsp3) is 0.238. The minimum Gasteiger partial charge on any atom is -0.497 e. The Labute approximate surface area is 152 Å². The molecule has 0 atom stereocenters. The summed E-state index contributed by atoms with van der Waals surface area (Å²) in [6.45, 7) is 3.01. The maximum Gasteiger partial charge on any atom is 0.209 e. The smallest absolute Gasteiger partial charge is 0.209 e. The summed E-state index contributed by atoms with van der Waals surface area (Å²) in [5.74, 6) is 0.688. The maximum absolute atomic E-state index is 12.8. The molecule has 2 aliphatic rings. The Morgan fingerprint density at radius 1 is 0.808 bits per heavy atom. The Bertz CT molecular complexity index is 878. The van der Waals surface area contributed by atoms with Crippen molar-refractivity contribution < 1.29 is 14.3 Å². The van der Waals surface area contributed by atoms with Crippen LogP contribution in [0, 0.1) is 0 Å². The second-order valence-electron chi connectivity index (χ2n) is 6.44. The van der Waals surface area contributed by atoms with E-state index in [4.69, 9.17) is 4.74 Å². The molecular weight excluding hydrogens is 328 g/mol. The number of hydrogen-bond acceptors (Lipinski definition) is 5. The van der Waals surface area contributed by atoms with E-state index in [1.54, 1.807) is 31.4 Å². The molecule has 0 N–H and O–H groups in total. The van der Waals surface area contributed by atoms with E-state index in [0.29, 0.717) is 29.9 Å². The molecule has 0 bridgehead atoms. The van der Waals surface area contributed by atoms with E-state index in [1.807, 2.05) is 29.2 Å². The number of nitrogens with zero attached hydrogens (tertiary/aromatic N) is 2. The summed E-state index contributed by atoms with van der Waals surface area (Å²) in [4.78, 5) is 29.4. The highest BCUT2D eigenvalue weighted by molar-refractivity contribution is 6.24. The average molecular weight is 348 g/mol. The number of Topliss-reactive ketones (excluding diaryl/α,β-unsaturated/α-hetero) is 1. The van der Waals surface area contributed by atoms with Gasteiger partial charge in [-0.05, 0) is 24.3 Å². The van der Waals surface area contributed by atoms with Gasteiger partial charge in [0.2, 0.25) is 5.78 Å². The molecule has 5 heteroatoms. The summed E-state index contributed by atoms with van der Waals surface area (Å²) in [5, 5.41) is 0. The van der Waals surface area contributed by atoms with Crippen LogP contribution in [0.1, 0.15) is 20.7 Å². The minimum atomic E-state index is -0.0900. The van der Waals surface area contributed by atoms with E-state index < -0.39 is 0 Å². The Hall–Kier alpha value is -3.08. The molecule has 2 aromatic carbocycles. The van der Waals surface area contributed by atoms with Crippen molar-refractivity contribution in [1.82, 2.24) is 4.90 Å². The van der Waals surface area contributed by atoms with E-state index in [-0.39, 0.29) is 11.6 Å². The average Bonchev–Trinajstić information content (AvgIpc) is 2.71. The lowest BCUT2D eigenvalue weighted by Gasteiger charge is -2.38. The first-order valence-corrected chi connectivity index (χ1v) is 8.71. The van der Waals surface area contributed by atoms with Crippen LogP contribution in [0.4, 0.5) is 5.69 Å². The van der Waals surface area contributed by atoms with E-state index in [1.165, 1.54) is 6.08 Å².